The molecule has 1 saturated heterocycles. The number of carbonyl (C=O) groups excluding carboxylic acids is 2. The number of rotatable bonds is 9. The quantitative estimate of drug-likeness (QED) is 0.328. The first kappa shape index (κ1) is 25.3. The molecule has 0 radical (unpaired) electrons. The van der Waals surface area contributed by atoms with Crippen LogP contribution in [0.4, 0.5) is 0 Å². The maximum atomic E-state index is 12.8. The third-order valence-corrected chi connectivity index (χ3v) is 6.16. The number of fused-ring (bicyclic) bond motifs is 1. The smallest absolute Gasteiger partial charge is 0.310 e. The van der Waals surface area contributed by atoms with Gasteiger partial charge in [0.25, 0.3) is 0 Å². The summed E-state index contributed by atoms with van der Waals surface area (Å²) in [5.74, 6) is -0.763. The SMILES string of the molecule is COc1ncnc2c1ncn2C1OC(COC(=O)Cc2ccccc2)C(OC(=O)Cc2ccccc2)C1O. The lowest BCUT2D eigenvalue weighted by molar-refractivity contribution is -0.159. The molecule has 4 aromatic rings. The van der Waals surface area contributed by atoms with Crippen molar-refractivity contribution in [1.82, 2.24) is 19.5 Å². The summed E-state index contributed by atoms with van der Waals surface area (Å²) in [4.78, 5) is 37.8. The second-order valence-electron chi connectivity index (χ2n) is 8.72. The molecular weight excluding hydrogens is 492 g/mol. The Morgan fingerprint density at radius 1 is 0.947 bits per heavy atom. The molecule has 2 aromatic heterocycles. The first-order chi connectivity index (χ1) is 18.5. The minimum Gasteiger partial charge on any atom is -0.479 e. The average molecular weight is 519 g/mol. The molecule has 0 aliphatic carbocycles. The first-order valence-electron chi connectivity index (χ1n) is 12.0. The summed E-state index contributed by atoms with van der Waals surface area (Å²) in [6, 6.07) is 18.3. The molecule has 0 amide bonds. The molecule has 4 unspecified atom stereocenters. The van der Waals surface area contributed by atoms with Crippen molar-refractivity contribution in [3.05, 3.63) is 84.4 Å². The number of ether oxygens (including phenoxy) is 4. The van der Waals surface area contributed by atoms with Crippen molar-refractivity contribution in [3.63, 3.8) is 0 Å². The molecule has 5 rings (SSSR count). The number of hydrogen-bond acceptors (Lipinski definition) is 10. The van der Waals surface area contributed by atoms with Gasteiger partial charge in [-0.2, -0.15) is 4.98 Å². The van der Waals surface area contributed by atoms with Gasteiger partial charge in [0.05, 0.1) is 26.3 Å². The highest BCUT2D eigenvalue weighted by molar-refractivity contribution is 5.76. The summed E-state index contributed by atoms with van der Waals surface area (Å²) >= 11 is 0. The molecule has 1 aliphatic heterocycles. The van der Waals surface area contributed by atoms with E-state index in [2.05, 4.69) is 15.0 Å². The van der Waals surface area contributed by atoms with Crippen LogP contribution in [0.3, 0.4) is 0 Å². The number of aliphatic hydroxyl groups excluding tert-OH is 1. The standard InChI is InChI=1S/C27H26N4O7/c1-35-26-22-25(28-15-29-26)31(16-30-22)27-23(34)24(38-21(33)13-18-10-6-3-7-11-18)19(37-27)14-36-20(32)12-17-8-4-2-5-9-17/h2-11,15-16,19,23-24,27,34H,12-14H2,1H3. The predicted octanol–water partition coefficient (Wildman–Crippen LogP) is 2.03. The van der Waals surface area contributed by atoms with Gasteiger partial charge in [-0.05, 0) is 11.1 Å². The van der Waals surface area contributed by atoms with E-state index in [0.29, 0.717) is 11.2 Å². The molecule has 0 spiro atoms. The van der Waals surface area contributed by atoms with Crippen LogP contribution >= 0.6 is 0 Å². The van der Waals surface area contributed by atoms with Crippen LogP contribution in [0.1, 0.15) is 17.4 Å². The molecule has 2 aromatic carbocycles. The minimum absolute atomic E-state index is 0.00761. The van der Waals surface area contributed by atoms with Gasteiger partial charge in [0.15, 0.2) is 23.5 Å². The van der Waals surface area contributed by atoms with Gasteiger partial charge < -0.3 is 24.1 Å². The molecule has 196 valence electrons. The van der Waals surface area contributed by atoms with E-state index in [1.165, 1.54) is 24.3 Å². The highest BCUT2D eigenvalue weighted by Crippen LogP contribution is 2.34. The van der Waals surface area contributed by atoms with Crippen LogP contribution in [0.25, 0.3) is 11.2 Å². The van der Waals surface area contributed by atoms with Crippen molar-refractivity contribution in [1.29, 1.82) is 0 Å². The van der Waals surface area contributed by atoms with Crippen LogP contribution in [-0.2, 0) is 36.6 Å². The monoisotopic (exact) mass is 518 g/mol. The first-order valence-corrected chi connectivity index (χ1v) is 12.0. The Hall–Kier alpha value is -4.35. The van der Waals surface area contributed by atoms with Crippen molar-refractivity contribution in [2.45, 2.75) is 37.4 Å². The highest BCUT2D eigenvalue weighted by atomic mass is 16.6. The molecule has 11 heteroatoms. The van der Waals surface area contributed by atoms with Gasteiger partial charge >= 0.3 is 11.9 Å². The third-order valence-electron chi connectivity index (χ3n) is 6.16. The van der Waals surface area contributed by atoms with Crippen LogP contribution in [0.15, 0.2) is 73.3 Å². The Balaban J connectivity index is 1.34. The van der Waals surface area contributed by atoms with Crippen LogP contribution in [-0.4, -0.2) is 68.6 Å². The number of methoxy groups -OCH3 is 1. The molecule has 0 bridgehead atoms. The number of esters is 2. The fraction of sp³-hybridized carbons (Fsp3) is 0.296. The molecule has 1 aliphatic rings. The highest BCUT2D eigenvalue weighted by Gasteiger charge is 2.48. The van der Waals surface area contributed by atoms with E-state index in [1.807, 2.05) is 48.5 Å². The second kappa shape index (κ2) is 11.4. The number of aliphatic hydroxyl groups is 1. The maximum Gasteiger partial charge on any atom is 0.310 e. The number of carbonyl (C=O) groups is 2. The predicted molar refractivity (Wildman–Crippen MR) is 133 cm³/mol. The van der Waals surface area contributed by atoms with E-state index in [-0.39, 0.29) is 25.3 Å². The Labute approximate surface area is 218 Å². The fourth-order valence-corrected chi connectivity index (χ4v) is 4.34. The van der Waals surface area contributed by atoms with Crippen molar-refractivity contribution in [3.8, 4) is 5.88 Å². The summed E-state index contributed by atoms with van der Waals surface area (Å²) in [6.07, 6.45) is -1.55. The van der Waals surface area contributed by atoms with Gasteiger partial charge in [0.1, 0.15) is 25.1 Å². The maximum absolute atomic E-state index is 12.8. The Morgan fingerprint density at radius 3 is 2.26 bits per heavy atom. The molecule has 1 N–H and O–H groups in total. The fourth-order valence-electron chi connectivity index (χ4n) is 4.34. The number of aromatic nitrogens is 4. The normalized spacial score (nSPS) is 20.8. The lowest BCUT2D eigenvalue weighted by atomic mass is 10.1. The second-order valence-corrected chi connectivity index (χ2v) is 8.72. The van der Waals surface area contributed by atoms with E-state index < -0.39 is 36.5 Å². The van der Waals surface area contributed by atoms with Gasteiger partial charge in [-0.3, -0.25) is 14.2 Å². The van der Waals surface area contributed by atoms with Gasteiger partial charge in [-0.15, -0.1) is 0 Å². The molecule has 1 fully saturated rings. The van der Waals surface area contributed by atoms with Gasteiger partial charge in [0, 0.05) is 0 Å². The summed E-state index contributed by atoms with van der Waals surface area (Å²) in [7, 11) is 1.46. The zero-order chi connectivity index (χ0) is 26.5. The lowest BCUT2D eigenvalue weighted by Gasteiger charge is -2.21. The molecule has 3 heterocycles. The Kier molecular flexibility index (Phi) is 7.57. The Bertz CT molecular complexity index is 1400. The van der Waals surface area contributed by atoms with Gasteiger partial charge in [0.2, 0.25) is 5.88 Å². The van der Waals surface area contributed by atoms with Crippen LogP contribution in [0, 0.1) is 0 Å². The van der Waals surface area contributed by atoms with E-state index in [9.17, 15) is 14.7 Å². The summed E-state index contributed by atoms with van der Waals surface area (Å²) in [5, 5.41) is 11.2. The van der Waals surface area contributed by atoms with Gasteiger partial charge in [-0.1, -0.05) is 60.7 Å². The summed E-state index contributed by atoms with van der Waals surface area (Å²) < 4.78 is 24.0. The van der Waals surface area contributed by atoms with Crippen LogP contribution in [0.5, 0.6) is 5.88 Å². The minimum atomic E-state index is -1.30. The number of nitrogens with zero attached hydrogens (tertiary/aromatic N) is 4. The van der Waals surface area contributed by atoms with Crippen molar-refractivity contribution >= 4 is 23.1 Å². The molecule has 0 saturated carbocycles. The topological polar surface area (TPSA) is 135 Å². The molecule has 38 heavy (non-hydrogen) atoms. The van der Waals surface area contributed by atoms with Crippen LogP contribution in [0.2, 0.25) is 0 Å². The van der Waals surface area contributed by atoms with Crippen molar-refractivity contribution in [2.75, 3.05) is 13.7 Å². The average Bonchev–Trinajstić information content (AvgIpc) is 3.49. The molecule has 4 atom stereocenters. The van der Waals surface area contributed by atoms with Gasteiger partial charge in [-0.25, -0.2) is 9.97 Å². The largest absolute Gasteiger partial charge is 0.479 e. The number of benzene rings is 2. The number of hydrogen-bond donors (Lipinski definition) is 1. The van der Waals surface area contributed by atoms with Crippen LogP contribution < -0.4 is 4.74 Å². The zero-order valence-corrected chi connectivity index (χ0v) is 20.5. The molecule has 11 nitrogen and oxygen atoms in total. The number of imidazole rings is 1. The van der Waals surface area contributed by atoms with E-state index in [0.717, 1.165) is 11.1 Å². The van der Waals surface area contributed by atoms with E-state index in [4.69, 9.17) is 18.9 Å². The third kappa shape index (κ3) is 5.48. The van der Waals surface area contributed by atoms with E-state index >= 15 is 0 Å². The van der Waals surface area contributed by atoms with Crippen molar-refractivity contribution in [2.24, 2.45) is 0 Å². The van der Waals surface area contributed by atoms with Crippen molar-refractivity contribution < 1.29 is 33.6 Å². The summed E-state index contributed by atoms with van der Waals surface area (Å²) in [5.41, 5.74) is 2.29. The Morgan fingerprint density at radius 2 is 1.61 bits per heavy atom. The summed E-state index contributed by atoms with van der Waals surface area (Å²) in [6.45, 7) is -0.229. The molecular formula is C27H26N4O7. The van der Waals surface area contributed by atoms with E-state index in [1.54, 1.807) is 12.1 Å². The zero-order valence-electron chi connectivity index (χ0n) is 20.5. The lowest BCUT2D eigenvalue weighted by Crippen LogP contribution is -2.39.